The minimum atomic E-state index is -0.704. The third kappa shape index (κ3) is 3.04. The number of rotatable bonds is 2. The van der Waals surface area contributed by atoms with Crippen LogP contribution in [0.25, 0.3) is 28.3 Å². The summed E-state index contributed by atoms with van der Waals surface area (Å²) in [7, 11) is 0. The van der Waals surface area contributed by atoms with E-state index in [0.717, 1.165) is 0 Å². The molecule has 0 N–H and O–H groups in total. The van der Waals surface area contributed by atoms with Crippen LogP contribution in [0, 0.1) is 11.3 Å². The van der Waals surface area contributed by atoms with E-state index >= 15 is 0 Å². The van der Waals surface area contributed by atoms with Gasteiger partial charge in [0.1, 0.15) is 11.2 Å². The van der Waals surface area contributed by atoms with Crippen molar-refractivity contribution in [3.05, 3.63) is 67.7 Å². The van der Waals surface area contributed by atoms with Crippen molar-refractivity contribution < 1.29 is 4.42 Å². The summed E-state index contributed by atoms with van der Waals surface area (Å²) in [4.78, 5) is 20.9. The van der Waals surface area contributed by atoms with Crippen LogP contribution in [-0.2, 0) is 0 Å². The van der Waals surface area contributed by atoms with Gasteiger partial charge in [-0.15, -0.1) is 0 Å². The van der Waals surface area contributed by atoms with Crippen molar-refractivity contribution in [3.8, 4) is 23.5 Å². The fourth-order valence-corrected chi connectivity index (χ4v) is 3.15. The third-order valence-electron chi connectivity index (χ3n) is 3.65. The Morgan fingerprint density at radius 1 is 1.15 bits per heavy atom. The first-order valence-corrected chi connectivity index (χ1v) is 8.52. The van der Waals surface area contributed by atoms with Crippen molar-refractivity contribution in [2.45, 2.75) is 0 Å². The Morgan fingerprint density at radius 3 is 2.70 bits per heavy atom. The highest BCUT2D eigenvalue weighted by molar-refractivity contribution is 6.35. The zero-order valence-corrected chi connectivity index (χ0v) is 15.4. The van der Waals surface area contributed by atoms with Crippen molar-refractivity contribution in [1.82, 2.24) is 19.7 Å². The second kappa shape index (κ2) is 6.67. The number of nitriles is 1. The van der Waals surface area contributed by atoms with Crippen LogP contribution in [0.4, 0.5) is 0 Å². The zero-order valence-electron chi connectivity index (χ0n) is 13.2. The van der Waals surface area contributed by atoms with Crippen molar-refractivity contribution in [1.29, 1.82) is 5.26 Å². The van der Waals surface area contributed by atoms with E-state index in [9.17, 15) is 4.79 Å². The molecule has 0 radical (unpaired) electrons. The number of nitrogens with zero attached hydrogens (tertiary/aromatic N) is 5. The predicted molar refractivity (Wildman–Crippen MR) is 100 cm³/mol. The fraction of sp³-hybridized carbons (Fsp3) is 0. The molecule has 0 fully saturated rings. The molecule has 0 amide bonds. The lowest BCUT2D eigenvalue weighted by molar-refractivity contribution is 0.513. The number of hydrogen-bond donors (Lipinski definition) is 0. The summed E-state index contributed by atoms with van der Waals surface area (Å²) >= 11 is 18.4. The fourth-order valence-electron chi connectivity index (χ4n) is 2.51. The molecular weight excluding hydrogens is 413 g/mol. The van der Waals surface area contributed by atoms with Gasteiger partial charge in [-0.3, -0.25) is 0 Å². The molecule has 0 aliphatic rings. The first kappa shape index (κ1) is 17.5. The lowest BCUT2D eigenvalue weighted by Gasteiger charge is -2.07. The van der Waals surface area contributed by atoms with Crippen LogP contribution in [0.1, 0.15) is 5.56 Å². The van der Waals surface area contributed by atoms with Crippen LogP contribution in [0.3, 0.4) is 0 Å². The second-order valence-electron chi connectivity index (χ2n) is 5.35. The Hall–Kier alpha value is -2.92. The monoisotopic (exact) mass is 417 g/mol. The Balaban J connectivity index is 2.00. The van der Waals surface area contributed by atoms with E-state index in [2.05, 4.69) is 15.1 Å². The molecule has 1 aromatic carbocycles. The molecule has 3 heterocycles. The van der Waals surface area contributed by atoms with E-state index in [4.69, 9.17) is 44.5 Å². The molecular formula is C17H6Cl3N5O2. The molecule has 3 aromatic heterocycles. The van der Waals surface area contributed by atoms with Gasteiger partial charge in [-0.25, -0.2) is 19.4 Å². The van der Waals surface area contributed by atoms with E-state index in [1.807, 2.05) is 6.07 Å². The summed E-state index contributed by atoms with van der Waals surface area (Å²) in [6.07, 6.45) is 1.53. The highest BCUT2D eigenvalue weighted by atomic mass is 35.5. The van der Waals surface area contributed by atoms with E-state index in [1.54, 1.807) is 12.1 Å². The Kier molecular flexibility index (Phi) is 4.32. The molecule has 0 unspecified atom stereocenters. The first-order chi connectivity index (χ1) is 13.0. The van der Waals surface area contributed by atoms with Gasteiger partial charge in [-0.1, -0.05) is 34.8 Å². The lowest BCUT2D eigenvalue weighted by Crippen LogP contribution is -2.07. The number of fused-ring (bicyclic) bond motifs is 1. The molecule has 0 bridgehead atoms. The molecule has 132 valence electrons. The van der Waals surface area contributed by atoms with Crippen LogP contribution < -0.4 is 5.63 Å². The molecule has 0 aliphatic heterocycles. The van der Waals surface area contributed by atoms with Crippen LogP contribution in [0.5, 0.6) is 0 Å². The van der Waals surface area contributed by atoms with Crippen LogP contribution >= 0.6 is 34.8 Å². The standard InChI is InChI=1S/C17H6Cl3N5O2/c18-10-2-1-3-22-15(10)25-12(6-13(20)24-25)16-23-14-9(17(26)27-16)4-8(7-21)5-11(14)19/h1-6H. The third-order valence-corrected chi connectivity index (χ3v) is 4.42. The number of halogens is 3. The van der Waals surface area contributed by atoms with Crippen molar-refractivity contribution in [2.24, 2.45) is 0 Å². The smallest absolute Gasteiger partial charge is 0.347 e. The maximum absolute atomic E-state index is 12.4. The summed E-state index contributed by atoms with van der Waals surface area (Å²) in [6.45, 7) is 0. The molecule has 10 heteroatoms. The molecule has 4 aromatic rings. The van der Waals surface area contributed by atoms with Crippen molar-refractivity contribution >= 4 is 45.7 Å². The SMILES string of the molecule is N#Cc1cc(Cl)c2nc(-c3cc(Cl)nn3-c3ncccc3Cl)oc(=O)c2c1. The van der Waals surface area contributed by atoms with Gasteiger partial charge in [0.15, 0.2) is 11.0 Å². The van der Waals surface area contributed by atoms with E-state index in [1.165, 1.54) is 29.1 Å². The molecule has 0 atom stereocenters. The van der Waals surface area contributed by atoms with Crippen LogP contribution in [-0.4, -0.2) is 19.7 Å². The van der Waals surface area contributed by atoms with Gasteiger partial charge in [0.25, 0.3) is 0 Å². The van der Waals surface area contributed by atoms with Gasteiger partial charge in [0.2, 0.25) is 5.89 Å². The van der Waals surface area contributed by atoms with Gasteiger partial charge >= 0.3 is 5.63 Å². The average Bonchev–Trinajstić information content (AvgIpc) is 3.04. The zero-order chi connectivity index (χ0) is 19.1. The molecule has 27 heavy (non-hydrogen) atoms. The predicted octanol–water partition coefficient (Wildman–Crippen LogP) is 4.27. The van der Waals surface area contributed by atoms with Crippen molar-refractivity contribution in [2.75, 3.05) is 0 Å². The highest BCUT2D eigenvalue weighted by Gasteiger charge is 2.20. The summed E-state index contributed by atoms with van der Waals surface area (Å²) in [6, 6.07) is 9.46. The molecule has 4 rings (SSSR count). The summed E-state index contributed by atoms with van der Waals surface area (Å²) in [5.74, 6) is 0.219. The number of hydrogen-bond acceptors (Lipinski definition) is 6. The summed E-state index contributed by atoms with van der Waals surface area (Å²) < 4.78 is 6.64. The first-order valence-electron chi connectivity index (χ1n) is 7.39. The second-order valence-corrected chi connectivity index (χ2v) is 6.55. The van der Waals surface area contributed by atoms with E-state index in [-0.39, 0.29) is 44.0 Å². The molecule has 0 saturated carbocycles. The van der Waals surface area contributed by atoms with Gasteiger partial charge in [0.05, 0.1) is 27.1 Å². The molecule has 0 aliphatic carbocycles. The highest BCUT2D eigenvalue weighted by Crippen LogP contribution is 2.29. The van der Waals surface area contributed by atoms with Gasteiger partial charge in [-0.2, -0.15) is 10.4 Å². The number of pyridine rings is 1. The van der Waals surface area contributed by atoms with E-state index in [0.29, 0.717) is 5.02 Å². The maximum atomic E-state index is 12.4. The maximum Gasteiger partial charge on any atom is 0.347 e. The Bertz CT molecular complexity index is 1310. The minimum absolute atomic E-state index is 0.0692. The molecule has 0 saturated heterocycles. The molecule has 0 spiro atoms. The van der Waals surface area contributed by atoms with Gasteiger partial charge in [-0.05, 0) is 24.3 Å². The Labute approximate surface area is 166 Å². The topological polar surface area (TPSA) is 97.6 Å². The lowest BCUT2D eigenvalue weighted by atomic mass is 10.1. The van der Waals surface area contributed by atoms with Gasteiger partial charge < -0.3 is 4.42 Å². The number of aromatic nitrogens is 4. The summed E-state index contributed by atoms with van der Waals surface area (Å²) in [5.41, 5.74) is -0.0226. The summed E-state index contributed by atoms with van der Waals surface area (Å²) in [5, 5.41) is 13.8. The van der Waals surface area contributed by atoms with Crippen LogP contribution in [0.2, 0.25) is 15.2 Å². The quantitative estimate of drug-likeness (QED) is 0.482. The molecule has 7 nitrogen and oxygen atoms in total. The largest absolute Gasteiger partial charge is 0.401 e. The van der Waals surface area contributed by atoms with E-state index < -0.39 is 5.63 Å². The van der Waals surface area contributed by atoms with Crippen molar-refractivity contribution in [3.63, 3.8) is 0 Å². The van der Waals surface area contributed by atoms with Crippen LogP contribution in [0.15, 0.2) is 45.7 Å². The Morgan fingerprint density at radius 2 is 1.96 bits per heavy atom. The minimum Gasteiger partial charge on any atom is -0.401 e. The normalized spacial score (nSPS) is 10.9. The van der Waals surface area contributed by atoms with Gasteiger partial charge in [0, 0.05) is 12.3 Å². The average molecular weight is 419 g/mol. The number of benzene rings is 1.